The highest BCUT2D eigenvalue weighted by atomic mass is 35.5. The molecule has 8 heteroatoms. The molecule has 2 heterocycles. The van der Waals surface area contributed by atoms with E-state index in [-0.39, 0.29) is 18.0 Å². The van der Waals surface area contributed by atoms with Gasteiger partial charge in [0.15, 0.2) is 6.73 Å². The van der Waals surface area contributed by atoms with Crippen LogP contribution in [0.15, 0.2) is 86.8 Å². The molecule has 31 heavy (non-hydrogen) atoms. The Morgan fingerprint density at radius 3 is 2.55 bits per heavy atom. The van der Waals surface area contributed by atoms with Crippen molar-refractivity contribution in [2.24, 2.45) is 0 Å². The SMILES string of the molecule is O=c1cc(-c2ccccc2)c2cc(Cl)c(OCn3nnc4ccccc4c3=O)cc2o1. The summed E-state index contributed by atoms with van der Waals surface area (Å²) in [6.07, 6.45) is 0. The van der Waals surface area contributed by atoms with Crippen LogP contribution in [-0.4, -0.2) is 15.0 Å². The maximum atomic E-state index is 12.6. The fourth-order valence-electron chi connectivity index (χ4n) is 3.37. The van der Waals surface area contributed by atoms with Gasteiger partial charge in [0.05, 0.1) is 10.4 Å². The van der Waals surface area contributed by atoms with E-state index in [0.29, 0.717) is 32.5 Å². The van der Waals surface area contributed by atoms with E-state index in [4.69, 9.17) is 20.8 Å². The Hall–Kier alpha value is -3.97. The van der Waals surface area contributed by atoms with Crippen LogP contribution in [0.3, 0.4) is 0 Å². The van der Waals surface area contributed by atoms with E-state index >= 15 is 0 Å². The first-order chi connectivity index (χ1) is 15.1. The van der Waals surface area contributed by atoms with Crippen LogP contribution in [0.2, 0.25) is 5.02 Å². The molecule has 0 aliphatic carbocycles. The van der Waals surface area contributed by atoms with Crippen LogP contribution in [-0.2, 0) is 6.73 Å². The van der Waals surface area contributed by atoms with Crippen molar-refractivity contribution in [1.29, 1.82) is 0 Å². The van der Waals surface area contributed by atoms with Gasteiger partial charge in [0.1, 0.15) is 16.8 Å². The van der Waals surface area contributed by atoms with Crippen LogP contribution in [0.1, 0.15) is 0 Å². The summed E-state index contributed by atoms with van der Waals surface area (Å²) in [5.74, 6) is 0.254. The maximum Gasteiger partial charge on any atom is 0.336 e. The molecule has 0 fully saturated rings. The molecule has 0 amide bonds. The van der Waals surface area contributed by atoms with Crippen LogP contribution in [0.25, 0.3) is 33.0 Å². The summed E-state index contributed by atoms with van der Waals surface area (Å²) in [5.41, 5.74) is 1.57. The average Bonchev–Trinajstić information content (AvgIpc) is 2.79. The van der Waals surface area contributed by atoms with E-state index in [0.717, 1.165) is 10.2 Å². The molecule has 3 aromatic carbocycles. The lowest BCUT2D eigenvalue weighted by molar-refractivity contribution is 0.211. The predicted molar refractivity (Wildman–Crippen MR) is 117 cm³/mol. The number of aromatic nitrogens is 3. The topological polar surface area (TPSA) is 87.2 Å². The second-order valence-corrected chi connectivity index (χ2v) is 7.22. The predicted octanol–water partition coefficient (Wildman–Crippen LogP) is 4.25. The number of hydrogen-bond donors (Lipinski definition) is 0. The van der Waals surface area contributed by atoms with E-state index in [2.05, 4.69) is 10.3 Å². The Kier molecular flexibility index (Phi) is 4.72. The number of fused-ring (bicyclic) bond motifs is 2. The van der Waals surface area contributed by atoms with Crippen molar-refractivity contribution in [3.8, 4) is 16.9 Å². The Balaban J connectivity index is 1.53. The highest BCUT2D eigenvalue weighted by molar-refractivity contribution is 6.33. The molecule has 7 nitrogen and oxygen atoms in total. The number of halogens is 1. The molecule has 0 saturated heterocycles. The summed E-state index contributed by atoms with van der Waals surface area (Å²) in [7, 11) is 0. The van der Waals surface area contributed by atoms with Crippen molar-refractivity contribution in [2.75, 3.05) is 0 Å². The van der Waals surface area contributed by atoms with Gasteiger partial charge in [0.2, 0.25) is 0 Å². The molecule has 0 aliphatic rings. The number of rotatable bonds is 4. The first-order valence-electron chi connectivity index (χ1n) is 9.38. The molecule has 0 saturated carbocycles. The molecule has 0 spiro atoms. The first-order valence-corrected chi connectivity index (χ1v) is 9.76. The zero-order valence-corrected chi connectivity index (χ0v) is 16.7. The van der Waals surface area contributed by atoms with Gasteiger partial charge in [0, 0.05) is 17.5 Å². The van der Waals surface area contributed by atoms with Gasteiger partial charge in [-0.3, -0.25) is 4.79 Å². The highest BCUT2D eigenvalue weighted by Gasteiger charge is 2.13. The van der Waals surface area contributed by atoms with E-state index < -0.39 is 5.63 Å². The van der Waals surface area contributed by atoms with Crippen LogP contribution in [0, 0.1) is 0 Å². The molecule has 0 aliphatic heterocycles. The van der Waals surface area contributed by atoms with Crippen molar-refractivity contribution >= 4 is 33.5 Å². The molecular formula is C23H14ClN3O4. The maximum absolute atomic E-state index is 12.6. The molecule has 0 unspecified atom stereocenters. The standard InChI is InChI=1S/C23H14ClN3O4/c24-18-10-17-16(14-6-2-1-3-7-14)11-22(28)31-20(17)12-21(18)30-13-27-23(29)15-8-4-5-9-19(15)25-26-27/h1-12H,13H2. The van der Waals surface area contributed by atoms with E-state index in [1.165, 1.54) is 12.1 Å². The lowest BCUT2D eigenvalue weighted by atomic mass is 10.0. The minimum Gasteiger partial charge on any atom is -0.469 e. The Morgan fingerprint density at radius 2 is 1.71 bits per heavy atom. The molecule has 0 radical (unpaired) electrons. The largest absolute Gasteiger partial charge is 0.469 e. The van der Waals surface area contributed by atoms with Crippen molar-refractivity contribution in [3.05, 3.63) is 98.6 Å². The molecule has 5 aromatic rings. The number of nitrogens with zero attached hydrogens (tertiary/aromatic N) is 3. The van der Waals surface area contributed by atoms with Crippen molar-refractivity contribution in [1.82, 2.24) is 15.0 Å². The van der Waals surface area contributed by atoms with E-state index in [1.54, 1.807) is 30.3 Å². The van der Waals surface area contributed by atoms with Gasteiger partial charge in [0.25, 0.3) is 5.56 Å². The summed E-state index contributed by atoms with van der Waals surface area (Å²) in [4.78, 5) is 24.7. The fraction of sp³-hybridized carbons (Fsp3) is 0.0435. The summed E-state index contributed by atoms with van der Waals surface area (Å²) < 4.78 is 12.2. The normalized spacial score (nSPS) is 11.1. The van der Waals surface area contributed by atoms with Crippen LogP contribution in [0.4, 0.5) is 0 Å². The van der Waals surface area contributed by atoms with Gasteiger partial charge in [-0.15, -0.1) is 5.10 Å². The van der Waals surface area contributed by atoms with Crippen molar-refractivity contribution in [2.45, 2.75) is 6.73 Å². The minimum absolute atomic E-state index is 0.204. The molecular weight excluding hydrogens is 418 g/mol. The Bertz CT molecular complexity index is 1540. The molecule has 152 valence electrons. The average molecular weight is 432 g/mol. The first kappa shape index (κ1) is 19.0. The second-order valence-electron chi connectivity index (χ2n) is 6.81. The summed E-state index contributed by atoms with van der Waals surface area (Å²) in [5, 5.41) is 9.33. The van der Waals surface area contributed by atoms with Gasteiger partial charge in [-0.25, -0.2) is 4.79 Å². The monoisotopic (exact) mass is 431 g/mol. The van der Waals surface area contributed by atoms with Gasteiger partial charge >= 0.3 is 5.63 Å². The lowest BCUT2D eigenvalue weighted by Crippen LogP contribution is -2.26. The highest BCUT2D eigenvalue weighted by Crippen LogP contribution is 2.34. The second kappa shape index (κ2) is 7.70. The number of ether oxygens (including phenoxy) is 1. The smallest absolute Gasteiger partial charge is 0.336 e. The van der Waals surface area contributed by atoms with Gasteiger partial charge < -0.3 is 9.15 Å². The molecule has 0 atom stereocenters. The van der Waals surface area contributed by atoms with Gasteiger partial charge in [-0.05, 0) is 29.3 Å². The van der Waals surface area contributed by atoms with Crippen LogP contribution >= 0.6 is 11.6 Å². The third-order valence-corrected chi connectivity index (χ3v) is 5.15. The number of benzene rings is 3. The Labute approximate surface area is 180 Å². The van der Waals surface area contributed by atoms with Crippen LogP contribution < -0.4 is 15.9 Å². The molecule has 0 N–H and O–H groups in total. The molecule has 5 rings (SSSR count). The van der Waals surface area contributed by atoms with Crippen LogP contribution in [0.5, 0.6) is 5.75 Å². The third kappa shape index (κ3) is 3.55. The lowest BCUT2D eigenvalue weighted by Gasteiger charge is -2.11. The summed E-state index contributed by atoms with van der Waals surface area (Å²) >= 11 is 6.44. The quantitative estimate of drug-likeness (QED) is 0.395. The summed E-state index contributed by atoms with van der Waals surface area (Å²) in [6, 6.07) is 21.0. The van der Waals surface area contributed by atoms with Crippen molar-refractivity contribution < 1.29 is 9.15 Å². The third-order valence-electron chi connectivity index (χ3n) is 4.85. The zero-order valence-electron chi connectivity index (χ0n) is 16.0. The van der Waals surface area contributed by atoms with E-state index in [9.17, 15) is 9.59 Å². The van der Waals surface area contributed by atoms with Gasteiger partial charge in [-0.2, -0.15) is 4.68 Å². The van der Waals surface area contributed by atoms with Crippen molar-refractivity contribution in [3.63, 3.8) is 0 Å². The molecule has 0 bridgehead atoms. The Morgan fingerprint density at radius 1 is 0.935 bits per heavy atom. The minimum atomic E-state index is -0.490. The van der Waals surface area contributed by atoms with E-state index in [1.807, 2.05) is 30.3 Å². The molecule has 2 aromatic heterocycles. The number of hydrogen-bond acceptors (Lipinski definition) is 6. The zero-order chi connectivity index (χ0) is 21.4. The fourth-order valence-corrected chi connectivity index (χ4v) is 3.59. The van der Waals surface area contributed by atoms with Gasteiger partial charge in [-0.1, -0.05) is 59.3 Å². The summed E-state index contributed by atoms with van der Waals surface area (Å²) in [6.45, 7) is -0.204.